The smallest absolute Gasteiger partial charge is 0.332 e. The number of carbonyl (C=O) groups is 3. The third-order valence-corrected chi connectivity index (χ3v) is 1.79. The molecular weight excluding hydrogens is 248 g/mol. The first-order chi connectivity index (χ1) is 7.86. The normalized spacial score (nSPS) is 9.18. The lowest BCUT2D eigenvalue weighted by molar-refractivity contribution is -0.153. The molecule has 0 aromatic rings. The molecule has 0 unspecified atom stereocenters. The van der Waals surface area contributed by atoms with Crippen molar-refractivity contribution >= 4 is 27.7 Å². The van der Waals surface area contributed by atoms with Gasteiger partial charge >= 0.3 is 33.6 Å². The molecule has 0 aromatic heterocycles. The molecule has 0 heterocycles. The summed E-state index contributed by atoms with van der Waals surface area (Å²) < 4.78 is 18.7. The molecule has 94 valence electrons. The zero-order valence-corrected chi connectivity index (χ0v) is 10.9. The van der Waals surface area contributed by atoms with Gasteiger partial charge in [0.25, 0.3) is 0 Å². The molecule has 0 aliphatic carbocycles. The molecule has 0 N–H and O–H groups in total. The van der Waals surface area contributed by atoms with Crippen LogP contribution in [0.2, 0.25) is 0 Å². The summed E-state index contributed by atoms with van der Waals surface area (Å²) in [5.41, 5.74) is 0. The van der Waals surface area contributed by atoms with Crippen LogP contribution in [0.1, 0.15) is 20.8 Å². The van der Waals surface area contributed by atoms with Crippen molar-refractivity contribution in [3.05, 3.63) is 11.3 Å². The van der Waals surface area contributed by atoms with Gasteiger partial charge in [0.2, 0.25) is 0 Å². The fraction of sp³-hybridized carbons (Fsp3) is 0.444. The van der Waals surface area contributed by atoms with Gasteiger partial charge in [0.1, 0.15) is 0 Å². The Morgan fingerprint density at radius 3 is 1.53 bits per heavy atom. The van der Waals surface area contributed by atoms with Gasteiger partial charge in [-0.15, -0.1) is 0 Å². The number of carbonyl (C=O) groups excluding carboxylic acids is 3. The minimum atomic E-state index is -0.716. The van der Waals surface area contributed by atoms with Crippen LogP contribution in [-0.2, 0) is 33.0 Å². The van der Waals surface area contributed by atoms with Crippen LogP contribution in [0, 0.1) is 0 Å². The zero-order chi connectivity index (χ0) is 13.4. The van der Waals surface area contributed by atoms with Gasteiger partial charge in [-0.1, -0.05) is 0 Å². The topological polar surface area (TPSA) is 88.1 Å². The Kier molecular flexibility index (Phi) is 6.83. The van der Waals surface area contributed by atoms with E-state index in [1.807, 2.05) is 0 Å². The monoisotopic (exact) mass is 260 g/mol. The van der Waals surface area contributed by atoms with Gasteiger partial charge in [-0.05, 0) is 0 Å². The number of ether oxygens (including phenoxy) is 3. The maximum absolute atomic E-state index is 10.8. The van der Waals surface area contributed by atoms with Crippen LogP contribution >= 0.6 is 0 Å². The molecule has 8 heteroatoms. The summed E-state index contributed by atoms with van der Waals surface area (Å²) in [6, 6.07) is 0. The predicted octanol–water partition coefficient (Wildman–Crippen LogP) is 0.0679. The molecule has 0 spiro atoms. The van der Waals surface area contributed by atoms with E-state index in [4.69, 9.17) is 9.16 Å². The summed E-state index contributed by atoms with van der Waals surface area (Å²) in [6.07, 6.45) is 0. The van der Waals surface area contributed by atoms with E-state index in [9.17, 15) is 14.4 Å². The predicted molar refractivity (Wildman–Crippen MR) is 55.1 cm³/mol. The average Bonchev–Trinajstić information content (AvgIpc) is 2.13. The lowest BCUT2D eigenvalue weighted by Gasteiger charge is -2.11. The minimum absolute atomic E-state index is 0.162. The van der Waals surface area contributed by atoms with Crippen LogP contribution in [0.4, 0.5) is 0 Å². The van der Waals surface area contributed by atoms with Gasteiger partial charge in [-0.2, -0.15) is 0 Å². The second-order valence-corrected chi connectivity index (χ2v) is 3.77. The first-order valence-electron chi connectivity index (χ1n) is 4.45. The fourth-order valence-corrected chi connectivity index (χ4v) is 1.27. The largest absolute Gasteiger partial charge is 0.426 e. The van der Waals surface area contributed by atoms with Crippen LogP contribution in [0.5, 0.6) is 0 Å². The van der Waals surface area contributed by atoms with Gasteiger partial charge in [-0.25, -0.2) is 0 Å². The highest BCUT2D eigenvalue weighted by Gasteiger charge is 2.19. The van der Waals surface area contributed by atoms with E-state index in [-0.39, 0.29) is 5.38 Å². The van der Waals surface area contributed by atoms with E-state index in [0.717, 1.165) is 20.8 Å². The molecule has 0 rings (SSSR count). The molecule has 0 bridgehead atoms. The third kappa shape index (κ3) is 7.25. The standard InChI is InChI=1S/C9H12O7Si/c1-5(10)14-8(15-6(2)11)9(17-13-4)16-7(3)12/h1-4H3. The first kappa shape index (κ1) is 15.3. The van der Waals surface area contributed by atoms with Crippen LogP contribution in [0.3, 0.4) is 0 Å². The SMILES string of the molecule is CO[Si]C(OC(C)=O)=C(OC(C)=O)OC(C)=O. The van der Waals surface area contributed by atoms with Crippen molar-refractivity contribution in [1.82, 2.24) is 0 Å². The summed E-state index contributed by atoms with van der Waals surface area (Å²) in [5, 5.41) is -0.162. The molecule has 0 fully saturated rings. The highest BCUT2D eigenvalue weighted by atomic mass is 28.2. The fourth-order valence-electron chi connectivity index (χ4n) is 0.715. The van der Waals surface area contributed by atoms with Gasteiger partial charge in [0.15, 0.2) is 5.38 Å². The van der Waals surface area contributed by atoms with E-state index in [0.29, 0.717) is 0 Å². The van der Waals surface area contributed by atoms with Crippen molar-refractivity contribution in [3.63, 3.8) is 0 Å². The lowest BCUT2D eigenvalue weighted by atomic mass is 10.7. The maximum Gasteiger partial charge on any atom is 0.332 e. The molecule has 2 radical (unpaired) electrons. The number of esters is 3. The Hall–Kier alpha value is -1.67. The molecule has 0 atom stereocenters. The van der Waals surface area contributed by atoms with Crippen molar-refractivity contribution in [2.24, 2.45) is 0 Å². The zero-order valence-electron chi connectivity index (χ0n) is 9.86. The van der Waals surface area contributed by atoms with E-state index >= 15 is 0 Å². The second kappa shape index (κ2) is 7.58. The van der Waals surface area contributed by atoms with Crippen molar-refractivity contribution in [3.8, 4) is 0 Å². The minimum Gasteiger partial charge on any atom is -0.426 e. The summed E-state index contributed by atoms with van der Waals surface area (Å²) >= 11 is 0. The molecule has 0 saturated heterocycles. The molecular formula is C9H12O7Si. The van der Waals surface area contributed by atoms with Crippen LogP contribution in [-0.4, -0.2) is 34.8 Å². The van der Waals surface area contributed by atoms with Crippen LogP contribution < -0.4 is 0 Å². The van der Waals surface area contributed by atoms with Crippen molar-refractivity contribution in [2.45, 2.75) is 20.8 Å². The first-order valence-corrected chi connectivity index (χ1v) is 5.36. The molecule has 0 saturated carbocycles. The number of hydrogen-bond donors (Lipinski definition) is 0. The summed E-state index contributed by atoms with van der Waals surface area (Å²) in [4.78, 5) is 32.4. The summed E-state index contributed by atoms with van der Waals surface area (Å²) in [5.74, 6) is -2.57. The van der Waals surface area contributed by atoms with E-state index in [2.05, 4.69) is 9.47 Å². The summed E-state index contributed by atoms with van der Waals surface area (Å²) in [6.45, 7) is 3.38. The van der Waals surface area contributed by atoms with Crippen molar-refractivity contribution < 1.29 is 33.0 Å². The van der Waals surface area contributed by atoms with Gasteiger partial charge in [0, 0.05) is 27.9 Å². The Morgan fingerprint density at radius 1 is 0.824 bits per heavy atom. The lowest BCUT2D eigenvalue weighted by Crippen LogP contribution is -2.17. The average molecular weight is 260 g/mol. The Labute approximate surface area is 101 Å². The van der Waals surface area contributed by atoms with Gasteiger partial charge in [-0.3, -0.25) is 14.4 Å². The number of hydrogen-bond acceptors (Lipinski definition) is 7. The second-order valence-electron chi connectivity index (χ2n) is 2.70. The maximum atomic E-state index is 10.8. The Balaban J connectivity index is 5.12. The van der Waals surface area contributed by atoms with Gasteiger partial charge in [0.05, 0.1) is 0 Å². The Morgan fingerprint density at radius 2 is 1.24 bits per heavy atom. The van der Waals surface area contributed by atoms with Gasteiger partial charge < -0.3 is 18.6 Å². The number of rotatable bonds is 5. The van der Waals surface area contributed by atoms with E-state index in [1.165, 1.54) is 7.11 Å². The molecule has 17 heavy (non-hydrogen) atoms. The molecule has 0 aliphatic heterocycles. The molecule has 7 nitrogen and oxygen atoms in total. The highest BCUT2D eigenvalue weighted by molar-refractivity contribution is 6.37. The molecule has 0 aromatic carbocycles. The van der Waals surface area contributed by atoms with E-state index < -0.39 is 33.6 Å². The quantitative estimate of drug-likeness (QED) is 0.392. The summed E-state index contributed by atoms with van der Waals surface area (Å²) in [7, 11) is 0.909. The highest BCUT2D eigenvalue weighted by Crippen LogP contribution is 2.10. The van der Waals surface area contributed by atoms with Crippen molar-refractivity contribution in [1.29, 1.82) is 0 Å². The molecule has 0 amide bonds. The Bertz CT molecular complexity index is 329. The van der Waals surface area contributed by atoms with Crippen LogP contribution in [0.15, 0.2) is 11.3 Å². The van der Waals surface area contributed by atoms with Crippen LogP contribution in [0.25, 0.3) is 0 Å². The van der Waals surface area contributed by atoms with Crippen molar-refractivity contribution in [2.75, 3.05) is 7.11 Å². The van der Waals surface area contributed by atoms with E-state index in [1.54, 1.807) is 0 Å². The third-order valence-electron chi connectivity index (χ3n) is 1.10. The molecule has 0 aliphatic rings.